The van der Waals surface area contributed by atoms with Gasteiger partial charge in [-0.25, -0.2) is 0 Å². The molecule has 0 saturated carbocycles. The first-order valence-electron chi connectivity index (χ1n) is 6.54. The Morgan fingerprint density at radius 2 is 1.10 bits per heavy atom. The van der Waals surface area contributed by atoms with E-state index in [-0.39, 0.29) is 11.3 Å². The predicted molar refractivity (Wildman–Crippen MR) is 83.1 cm³/mol. The van der Waals surface area contributed by atoms with Crippen molar-refractivity contribution in [2.75, 3.05) is 0 Å². The predicted octanol–water partition coefficient (Wildman–Crippen LogP) is 3.16. The average molecular weight is 270 g/mol. The van der Waals surface area contributed by atoms with Gasteiger partial charge in [-0.2, -0.15) is 0 Å². The molecule has 0 heterocycles. The Bertz CT molecular complexity index is 655. The quantitative estimate of drug-likeness (QED) is 0.638. The fraction of sp³-hybridized carbons (Fsp3) is 0.176. The molecule has 3 heteroatoms. The van der Waals surface area contributed by atoms with Crippen molar-refractivity contribution in [2.45, 2.75) is 20.8 Å². The molecular weight excluding hydrogens is 252 g/mol. The Hall–Kier alpha value is -2.42. The van der Waals surface area contributed by atoms with Crippen LogP contribution >= 0.6 is 0 Å². The minimum atomic E-state index is -0.762. The summed E-state index contributed by atoms with van der Waals surface area (Å²) in [4.78, 5) is 20.3. The lowest BCUT2D eigenvalue weighted by Gasteiger charge is -1.94. The van der Waals surface area contributed by atoms with Crippen LogP contribution in [0.1, 0.15) is 19.4 Å². The molecule has 104 valence electrons. The van der Waals surface area contributed by atoms with E-state index in [1.807, 2.05) is 13.8 Å². The molecule has 0 fully saturated rings. The standard InChI is InChI=1S/C10H8.C5H4O3.C2H6/c1-2-6-10-8-4-3-7-9(10)5-1;1-2-3(6)5(8)4(2)7;1-2/h1-8H;6H,1H3;1-2H3. The van der Waals surface area contributed by atoms with E-state index < -0.39 is 10.9 Å². The van der Waals surface area contributed by atoms with E-state index in [9.17, 15) is 9.59 Å². The van der Waals surface area contributed by atoms with Crippen molar-refractivity contribution in [3.05, 3.63) is 74.5 Å². The number of rotatable bonds is 0. The van der Waals surface area contributed by atoms with Gasteiger partial charge in [0, 0.05) is 5.56 Å². The van der Waals surface area contributed by atoms with Gasteiger partial charge in [-0.1, -0.05) is 62.4 Å². The van der Waals surface area contributed by atoms with Gasteiger partial charge in [0.15, 0.2) is 5.75 Å². The van der Waals surface area contributed by atoms with Crippen molar-refractivity contribution in [1.29, 1.82) is 0 Å². The molecule has 0 aliphatic heterocycles. The molecule has 0 aliphatic rings. The molecule has 20 heavy (non-hydrogen) atoms. The van der Waals surface area contributed by atoms with Gasteiger partial charge in [-0.05, 0) is 17.7 Å². The summed E-state index contributed by atoms with van der Waals surface area (Å²) in [5.74, 6) is -0.380. The van der Waals surface area contributed by atoms with E-state index in [1.165, 1.54) is 17.7 Å². The van der Waals surface area contributed by atoms with Crippen molar-refractivity contribution < 1.29 is 5.11 Å². The normalized spacial score (nSPS) is 9.35. The first kappa shape index (κ1) is 15.6. The summed E-state index contributed by atoms with van der Waals surface area (Å²) in [5, 5.41) is 11.1. The zero-order chi connectivity index (χ0) is 15.1. The van der Waals surface area contributed by atoms with E-state index in [0.717, 1.165) is 0 Å². The molecule has 0 saturated heterocycles. The summed E-state index contributed by atoms with van der Waals surface area (Å²) < 4.78 is 0. The van der Waals surface area contributed by atoms with Gasteiger partial charge in [0.1, 0.15) is 0 Å². The van der Waals surface area contributed by atoms with Gasteiger partial charge in [0.05, 0.1) is 0 Å². The maximum Gasteiger partial charge on any atom is 0.267 e. The maximum atomic E-state index is 10.2. The molecule has 0 unspecified atom stereocenters. The fourth-order valence-electron chi connectivity index (χ4n) is 1.63. The van der Waals surface area contributed by atoms with Crippen molar-refractivity contribution >= 4 is 10.8 Å². The van der Waals surface area contributed by atoms with Crippen LogP contribution in [0.25, 0.3) is 10.8 Å². The molecule has 0 aromatic heterocycles. The van der Waals surface area contributed by atoms with Gasteiger partial charge < -0.3 is 5.11 Å². The molecule has 3 aromatic rings. The van der Waals surface area contributed by atoms with Crippen LogP contribution in [0.3, 0.4) is 0 Å². The lowest BCUT2D eigenvalue weighted by Crippen LogP contribution is -2.32. The van der Waals surface area contributed by atoms with E-state index >= 15 is 0 Å². The second-order valence-electron chi connectivity index (χ2n) is 3.98. The van der Waals surface area contributed by atoms with Crippen LogP contribution in [-0.2, 0) is 0 Å². The molecule has 0 aliphatic carbocycles. The Labute approximate surface area is 117 Å². The highest BCUT2D eigenvalue weighted by atomic mass is 16.3. The average Bonchev–Trinajstić information content (AvgIpc) is 2.55. The fourth-order valence-corrected chi connectivity index (χ4v) is 1.63. The second kappa shape index (κ2) is 7.24. The van der Waals surface area contributed by atoms with Crippen molar-refractivity contribution in [3.63, 3.8) is 0 Å². The lowest BCUT2D eigenvalue weighted by atomic mass is 10.1. The highest BCUT2D eigenvalue weighted by Crippen LogP contribution is 2.11. The lowest BCUT2D eigenvalue weighted by molar-refractivity contribution is 0.457. The molecule has 0 atom stereocenters. The monoisotopic (exact) mass is 270 g/mol. The Balaban J connectivity index is 0.000000182. The van der Waals surface area contributed by atoms with E-state index in [2.05, 4.69) is 48.5 Å². The van der Waals surface area contributed by atoms with Crippen molar-refractivity contribution in [1.82, 2.24) is 0 Å². The van der Waals surface area contributed by atoms with Crippen LogP contribution in [-0.4, -0.2) is 5.11 Å². The van der Waals surface area contributed by atoms with E-state index in [4.69, 9.17) is 5.11 Å². The third-order valence-corrected chi connectivity index (χ3v) is 2.78. The van der Waals surface area contributed by atoms with Crippen molar-refractivity contribution in [3.8, 4) is 5.75 Å². The van der Waals surface area contributed by atoms with Gasteiger partial charge in [-0.15, -0.1) is 0 Å². The highest BCUT2D eigenvalue weighted by molar-refractivity contribution is 5.81. The number of hydrogen-bond acceptors (Lipinski definition) is 3. The van der Waals surface area contributed by atoms with Crippen LogP contribution < -0.4 is 10.9 Å². The third-order valence-electron chi connectivity index (χ3n) is 2.78. The first-order chi connectivity index (χ1) is 9.61. The van der Waals surface area contributed by atoms with Gasteiger partial charge in [0.25, 0.3) is 5.43 Å². The number of benzene rings is 2. The van der Waals surface area contributed by atoms with Crippen LogP contribution in [0.15, 0.2) is 58.1 Å². The summed E-state index contributed by atoms with van der Waals surface area (Å²) in [6, 6.07) is 16.7. The molecule has 0 spiro atoms. The van der Waals surface area contributed by atoms with Crippen LogP contribution in [0.4, 0.5) is 0 Å². The van der Waals surface area contributed by atoms with E-state index in [0.29, 0.717) is 0 Å². The summed E-state index contributed by atoms with van der Waals surface area (Å²) in [7, 11) is 0. The third kappa shape index (κ3) is 3.32. The smallest absolute Gasteiger partial charge is 0.267 e. The van der Waals surface area contributed by atoms with Crippen molar-refractivity contribution in [2.24, 2.45) is 0 Å². The minimum absolute atomic E-state index is 0.176. The SMILES string of the molecule is CC.Cc1c(O)c(=O)c1=O.c1ccc2ccccc2c1. The number of fused-ring (bicyclic) bond motifs is 1. The summed E-state index contributed by atoms with van der Waals surface area (Å²) >= 11 is 0. The molecule has 0 bridgehead atoms. The molecule has 3 rings (SSSR count). The molecule has 3 nitrogen and oxygen atoms in total. The Morgan fingerprint density at radius 3 is 1.30 bits per heavy atom. The minimum Gasteiger partial charge on any atom is -0.504 e. The summed E-state index contributed by atoms with van der Waals surface area (Å²) in [5.41, 5.74) is -1.15. The van der Waals surface area contributed by atoms with Gasteiger partial charge in [0.2, 0.25) is 5.43 Å². The summed E-state index contributed by atoms with van der Waals surface area (Å²) in [6.07, 6.45) is 0. The zero-order valence-corrected chi connectivity index (χ0v) is 11.9. The largest absolute Gasteiger partial charge is 0.504 e. The molecule has 0 amide bonds. The number of hydrogen-bond donors (Lipinski definition) is 1. The molecule has 0 radical (unpaired) electrons. The molecular formula is C17H18O3. The topological polar surface area (TPSA) is 54.4 Å². The van der Waals surface area contributed by atoms with Gasteiger partial charge in [-0.3, -0.25) is 9.59 Å². The first-order valence-corrected chi connectivity index (χ1v) is 6.54. The van der Waals surface area contributed by atoms with Gasteiger partial charge >= 0.3 is 0 Å². The Kier molecular flexibility index (Phi) is 5.66. The molecule has 1 N–H and O–H groups in total. The second-order valence-corrected chi connectivity index (χ2v) is 3.98. The van der Waals surface area contributed by atoms with E-state index in [1.54, 1.807) is 0 Å². The Morgan fingerprint density at radius 1 is 0.750 bits per heavy atom. The maximum absolute atomic E-state index is 10.2. The van der Waals surface area contributed by atoms with Crippen LogP contribution in [0.2, 0.25) is 0 Å². The highest BCUT2D eigenvalue weighted by Gasteiger charge is 2.13. The molecule has 3 aromatic carbocycles. The summed E-state index contributed by atoms with van der Waals surface area (Å²) in [6.45, 7) is 5.42. The van der Waals surface area contributed by atoms with Crippen LogP contribution in [0, 0.1) is 6.92 Å². The van der Waals surface area contributed by atoms with Crippen LogP contribution in [0.5, 0.6) is 5.75 Å². The zero-order valence-electron chi connectivity index (χ0n) is 11.9. The number of aromatic hydroxyl groups is 1.